The molecule has 2 aromatic carbocycles. The van der Waals surface area contributed by atoms with Gasteiger partial charge >= 0.3 is 5.97 Å². The van der Waals surface area contributed by atoms with Crippen molar-refractivity contribution in [3.63, 3.8) is 0 Å². The molecule has 0 aromatic heterocycles. The number of ether oxygens (including phenoxy) is 2. The van der Waals surface area contributed by atoms with Crippen LogP contribution in [-0.4, -0.2) is 25.6 Å². The molecular formula is C20H16ClNO4. The Morgan fingerprint density at radius 2 is 1.96 bits per heavy atom. The third kappa shape index (κ3) is 2.74. The molecule has 5 nitrogen and oxygen atoms in total. The smallest absolute Gasteiger partial charge is 0.336 e. The van der Waals surface area contributed by atoms with E-state index in [2.05, 4.69) is 0 Å². The highest BCUT2D eigenvalue weighted by Crippen LogP contribution is 2.42. The zero-order chi connectivity index (χ0) is 18.3. The van der Waals surface area contributed by atoms with Crippen LogP contribution in [0.5, 0.6) is 5.75 Å². The van der Waals surface area contributed by atoms with E-state index in [9.17, 15) is 9.59 Å². The van der Waals surface area contributed by atoms with Crippen molar-refractivity contribution in [1.29, 1.82) is 0 Å². The van der Waals surface area contributed by atoms with Gasteiger partial charge in [0.05, 0.1) is 24.1 Å². The summed E-state index contributed by atoms with van der Waals surface area (Å²) in [6, 6.07) is 14.4. The van der Waals surface area contributed by atoms with Crippen LogP contribution in [0.1, 0.15) is 17.9 Å². The molecule has 0 fully saturated rings. The first kappa shape index (κ1) is 16.7. The number of esters is 1. The van der Waals surface area contributed by atoms with Gasteiger partial charge in [0.2, 0.25) is 5.91 Å². The first-order chi connectivity index (χ1) is 12.6. The molecule has 1 amide bonds. The highest BCUT2D eigenvalue weighted by atomic mass is 35.5. The number of benzene rings is 2. The van der Waals surface area contributed by atoms with Gasteiger partial charge in [-0.1, -0.05) is 29.8 Å². The molecule has 132 valence electrons. The zero-order valence-electron chi connectivity index (χ0n) is 14.1. The molecule has 0 saturated carbocycles. The van der Waals surface area contributed by atoms with Crippen LogP contribution in [0.25, 0.3) is 0 Å². The van der Waals surface area contributed by atoms with E-state index in [1.165, 1.54) is 0 Å². The van der Waals surface area contributed by atoms with Gasteiger partial charge in [-0.15, -0.1) is 0 Å². The molecule has 0 spiro atoms. The first-order valence-electron chi connectivity index (χ1n) is 8.21. The number of rotatable bonds is 3. The summed E-state index contributed by atoms with van der Waals surface area (Å²) < 4.78 is 10.5. The minimum Gasteiger partial charge on any atom is -0.497 e. The maximum absolute atomic E-state index is 12.9. The van der Waals surface area contributed by atoms with E-state index in [1.54, 1.807) is 36.3 Å². The fourth-order valence-corrected chi connectivity index (χ4v) is 3.70. The van der Waals surface area contributed by atoms with Gasteiger partial charge in [-0.2, -0.15) is 0 Å². The lowest BCUT2D eigenvalue weighted by Crippen LogP contribution is -2.37. The fraction of sp³-hybridized carbons (Fsp3) is 0.200. The second kappa shape index (κ2) is 6.50. The Morgan fingerprint density at radius 1 is 1.15 bits per heavy atom. The summed E-state index contributed by atoms with van der Waals surface area (Å²) in [5.41, 5.74) is 2.60. The predicted octanol–water partition coefficient (Wildman–Crippen LogP) is 3.68. The van der Waals surface area contributed by atoms with Gasteiger partial charge in [-0.3, -0.25) is 9.69 Å². The van der Waals surface area contributed by atoms with E-state index in [0.29, 0.717) is 27.7 Å². The van der Waals surface area contributed by atoms with E-state index >= 15 is 0 Å². The van der Waals surface area contributed by atoms with Gasteiger partial charge in [0.25, 0.3) is 0 Å². The molecule has 2 aromatic rings. The summed E-state index contributed by atoms with van der Waals surface area (Å²) in [5, 5.41) is 0.526. The molecule has 2 aliphatic rings. The maximum Gasteiger partial charge on any atom is 0.336 e. The molecule has 4 rings (SSSR count). The Hall–Kier alpha value is -2.79. The van der Waals surface area contributed by atoms with Crippen molar-refractivity contribution in [2.45, 2.75) is 12.3 Å². The summed E-state index contributed by atoms with van der Waals surface area (Å²) in [5.74, 6) is -0.150. The van der Waals surface area contributed by atoms with Crippen molar-refractivity contribution in [2.75, 3.05) is 18.6 Å². The van der Waals surface area contributed by atoms with Gasteiger partial charge in [0.15, 0.2) is 0 Å². The minimum absolute atomic E-state index is 0.0763. The van der Waals surface area contributed by atoms with Crippen LogP contribution in [0.4, 0.5) is 5.69 Å². The SMILES string of the molecule is COc1cccc([C@H]2CC(=O)N(c3cccc(Cl)c3)C3=C2C(=O)OC3)c1. The van der Waals surface area contributed by atoms with E-state index in [4.69, 9.17) is 21.1 Å². The highest BCUT2D eigenvalue weighted by molar-refractivity contribution is 6.31. The van der Waals surface area contributed by atoms with Crippen LogP contribution in [0, 0.1) is 0 Å². The number of hydrogen-bond acceptors (Lipinski definition) is 4. The van der Waals surface area contributed by atoms with E-state index in [0.717, 1.165) is 5.56 Å². The number of halogens is 1. The number of cyclic esters (lactones) is 1. The van der Waals surface area contributed by atoms with Crippen LogP contribution in [-0.2, 0) is 14.3 Å². The average Bonchev–Trinajstić information content (AvgIpc) is 3.02. The molecule has 0 bridgehead atoms. The summed E-state index contributed by atoms with van der Waals surface area (Å²) >= 11 is 6.08. The molecule has 6 heteroatoms. The van der Waals surface area contributed by atoms with Crippen molar-refractivity contribution in [1.82, 2.24) is 0 Å². The van der Waals surface area contributed by atoms with Crippen molar-refractivity contribution in [2.24, 2.45) is 0 Å². The lowest BCUT2D eigenvalue weighted by atomic mass is 9.84. The Labute approximate surface area is 155 Å². The van der Waals surface area contributed by atoms with Crippen molar-refractivity contribution < 1.29 is 19.1 Å². The standard InChI is InChI=1S/C20H16ClNO4/c1-25-15-7-2-4-12(8-15)16-10-18(23)22(14-6-3-5-13(21)9-14)17-11-26-20(24)19(16)17/h2-9,16H,10-11H2,1H3/t16-/m1/s1. The quantitative estimate of drug-likeness (QED) is 0.774. The summed E-state index contributed by atoms with van der Waals surface area (Å²) in [4.78, 5) is 26.9. The number of carbonyl (C=O) groups is 2. The first-order valence-corrected chi connectivity index (χ1v) is 8.59. The number of amides is 1. The predicted molar refractivity (Wildman–Crippen MR) is 97.3 cm³/mol. The Morgan fingerprint density at radius 3 is 2.73 bits per heavy atom. The molecule has 0 N–H and O–H groups in total. The third-order valence-electron chi connectivity index (χ3n) is 4.68. The highest BCUT2D eigenvalue weighted by Gasteiger charge is 2.43. The van der Waals surface area contributed by atoms with E-state index in [1.807, 2.05) is 24.3 Å². The van der Waals surface area contributed by atoms with Gasteiger partial charge in [0, 0.05) is 17.4 Å². The van der Waals surface area contributed by atoms with E-state index in [-0.39, 0.29) is 30.8 Å². The lowest BCUT2D eigenvalue weighted by molar-refractivity contribution is -0.136. The topological polar surface area (TPSA) is 55.8 Å². The number of anilines is 1. The van der Waals surface area contributed by atoms with Crippen LogP contribution in [0.3, 0.4) is 0 Å². The molecule has 2 aliphatic heterocycles. The van der Waals surface area contributed by atoms with E-state index < -0.39 is 0 Å². The fourth-order valence-electron chi connectivity index (χ4n) is 3.51. The zero-order valence-corrected chi connectivity index (χ0v) is 14.8. The minimum atomic E-state index is -0.382. The average molecular weight is 370 g/mol. The molecular weight excluding hydrogens is 354 g/mol. The third-order valence-corrected chi connectivity index (χ3v) is 4.91. The second-order valence-electron chi connectivity index (χ2n) is 6.18. The summed E-state index contributed by atoms with van der Waals surface area (Å²) in [6.07, 6.45) is 0.174. The van der Waals surface area contributed by atoms with Crippen LogP contribution in [0.2, 0.25) is 5.02 Å². The van der Waals surface area contributed by atoms with Gasteiger partial charge < -0.3 is 9.47 Å². The van der Waals surface area contributed by atoms with Crippen molar-refractivity contribution in [3.05, 3.63) is 70.4 Å². The largest absolute Gasteiger partial charge is 0.497 e. The van der Waals surface area contributed by atoms with Crippen LogP contribution in [0.15, 0.2) is 59.8 Å². The number of hydrogen-bond donors (Lipinski definition) is 0. The van der Waals surface area contributed by atoms with Crippen molar-refractivity contribution >= 4 is 29.2 Å². The molecule has 0 saturated heterocycles. The maximum atomic E-state index is 12.9. The normalized spacial score (nSPS) is 19.5. The Bertz CT molecular complexity index is 937. The molecule has 0 radical (unpaired) electrons. The summed E-state index contributed by atoms with van der Waals surface area (Å²) in [7, 11) is 1.58. The molecule has 2 heterocycles. The number of carbonyl (C=O) groups excluding carboxylic acids is 2. The van der Waals surface area contributed by atoms with Crippen LogP contribution >= 0.6 is 11.6 Å². The van der Waals surface area contributed by atoms with Crippen molar-refractivity contribution in [3.8, 4) is 5.75 Å². The van der Waals surface area contributed by atoms with Gasteiger partial charge in [0.1, 0.15) is 12.4 Å². The number of nitrogens with zero attached hydrogens (tertiary/aromatic N) is 1. The molecule has 26 heavy (non-hydrogen) atoms. The second-order valence-corrected chi connectivity index (χ2v) is 6.62. The molecule has 0 unspecified atom stereocenters. The molecule has 1 atom stereocenters. The van der Waals surface area contributed by atoms with Crippen LogP contribution < -0.4 is 9.64 Å². The lowest BCUT2D eigenvalue weighted by Gasteiger charge is -2.32. The van der Waals surface area contributed by atoms with Gasteiger partial charge in [-0.25, -0.2) is 4.79 Å². The molecule has 0 aliphatic carbocycles. The summed E-state index contributed by atoms with van der Waals surface area (Å²) in [6.45, 7) is 0.0763. The Balaban J connectivity index is 1.83. The van der Waals surface area contributed by atoms with Gasteiger partial charge in [-0.05, 0) is 35.9 Å². The Kier molecular flexibility index (Phi) is 4.17. The monoisotopic (exact) mass is 369 g/mol. The number of methoxy groups -OCH3 is 1.